The molecule has 0 atom stereocenters. The number of carbonyl (C=O) groups excluding carboxylic acids is 2. The predicted molar refractivity (Wildman–Crippen MR) is 110 cm³/mol. The number of ether oxygens (including phenoxy) is 1. The fourth-order valence-corrected chi connectivity index (χ4v) is 3.55. The van der Waals surface area contributed by atoms with Crippen molar-refractivity contribution in [3.05, 3.63) is 65.2 Å². The van der Waals surface area contributed by atoms with Gasteiger partial charge in [-0.05, 0) is 61.7 Å². The lowest BCUT2D eigenvalue weighted by molar-refractivity contribution is -0.137. The molecule has 8 heteroatoms. The quantitative estimate of drug-likeness (QED) is 0.746. The second-order valence-corrected chi connectivity index (χ2v) is 7.46. The van der Waals surface area contributed by atoms with E-state index < -0.39 is 11.7 Å². The molecular weight excluding hydrogens is 409 g/mol. The first-order chi connectivity index (χ1) is 14.8. The fourth-order valence-electron chi connectivity index (χ4n) is 3.55. The number of rotatable bonds is 6. The molecule has 1 fully saturated rings. The van der Waals surface area contributed by atoms with Crippen molar-refractivity contribution in [2.75, 3.05) is 19.7 Å². The predicted octanol–water partition coefficient (Wildman–Crippen LogP) is 4.07. The molecule has 1 aliphatic heterocycles. The molecule has 31 heavy (non-hydrogen) atoms. The van der Waals surface area contributed by atoms with E-state index in [9.17, 15) is 22.8 Å². The van der Waals surface area contributed by atoms with Gasteiger partial charge in [0, 0.05) is 24.7 Å². The van der Waals surface area contributed by atoms with Gasteiger partial charge in [-0.3, -0.25) is 9.59 Å². The minimum Gasteiger partial charge on any atom is -0.494 e. The highest BCUT2D eigenvalue weighted by Crippen LogP contribution is 2.29. The highest BCUT2D eigenvalue weighted by Gasteiger charge is 2.31. The van der Waals surface area contributed by atoms with Gasteiger partial charge in [-0.2, -0.15) is 13.2 Å². The van der Waals surface area contributed by atoms with Crippen LogP contribution < -0.4 is 10.1 Å². The molecule has 2 aromatic carbocycles. The number of nitrogens with zero attached hydrogens (tertiary/aromatic N) is 1. The fraction of sp³-hybridized carbons (Fsp3) is 0.391. The lowest BCUT2D eigenvalue weighted by Crippen LogP contribution is -2.46. The Labute approximate surface area is 179 Å². The Morgan fingerprint density at radius 2 is 1.65 bits per heavy atom. The van der Waals surface area contributed by atoms with Gasteiger partial charge in [0.1, 0.15) is 5.75 Å². The van der Waals surface area contributed by atoms with Gasteiger partial charge in [0.05, 0.1) is 18.6 Å². The third-order valence-electron chi connectivity index (χ3n) is 5.21. The van der Waals surface area contributed by atoms with Crippen molar-refractivity contribution in [2.45, 2.75) is 38.4 Å². The number of alkyl halides is 3. The van der Waals surface area contributed by atoms with E-state index >= 15 is 0 Å². The summed E-state index contributed by atoms with van der Waals surface area (Å²) >= 11 is 0. The third kappa shape index (κ3) is 6.23. The monoisotopic (exact) mass is 434 g/mol. The van der Waals surface area contributed by atoms with Gasteiger partial charge in [-0.25, -0.2) is 0 Å². The van der Waals surface area contributed by atoms with Crippen LogP contribution in [-0.2, 0) is 17.4 Å². The van der Waals surface area contributed by atoms with Crippen LogP contribution in [0.2, 0.25) is 0 Å². The number of halogens is 3. The first kappa shape index (κ1) is 22.7. The Morgan fingerprint density at radius 3 is 2.19 bits per heavy atom. The Morgan fingerprint density at radius 1 is 1.03 bits per heavy atom. The molecule has 0 bridgehead atoms. The number of hydrogen-bond donors (Lipinski definition) is 1. The summed E-state index contributed by atoms with van der Waals surface area (Å²) in [5.41, 5.74) is 0.333. The number of hydrogen-bond acceptors (Lipinski definition) is 3. The minimum atomic E-state index is -4.43. The van der Waals surface area contributed by atoms with E-state index in [0.717, 1.165) is 23.4 Å². The number of likely N-dealkylation sites (tertiary alicyclic amines) is 1. The van der Waals surface area contributed by atoms with Gasteiger partial charge < -0.3 is 15.0 Å². The minimum absolute atomic E-state index is 0.0353. The van der Waals surface area contributed by atoms with Crippen LogP contribution in [0.4, 0.5) is 13.2 Å². The van der Waals surface area contributed by atoms with E-state index in [4.69, 9.17) is 4.74 Å². The van der Waals surface area contributed by atoms with Crippen LogP contribution in [0.1, 0.15) is 41.3 Å². The summed E-state index contributed by atoms with van der Waals surface area (Å²) in [5, 5.41) is 3.00. The number of piperidine rings is 1. The van der Waals surface area contributed by atoms with Gasteiger partial charge >= 0.3 is 6.18 Å². The average Bonchev–Trinajstić information content (AvgIpc) is 2.75. The Bertz CT molecular complexity index is 888. The van der Waals surface area contributed by atoms with Crippen molar-refractivity contribution >= 4 is 11.8 Å². The first-order valence-electron chi connectivity index (χ1n) is 10.2. The van der Waals surface area contributed by atoms with E-state index in [1.54, 1.807) is 4.90 Å². The zero-order valence-electron chi connectivity index (χ0n) is 17.2. The van der Waals surface area contributed by atoms with Crippen molar-refractivity contribution < 1.29 is 27.5 Å². The number of nitrogens with one attached hydrogen (secondary N) is 1. The molecule has 3 rings (SSSR count). The molecule has 0 saturated carbocycles. The summed E-state index contributed by atoms with van der Waals surface area (Å²) in [6.07, 6.45) is -2.97. The van der Waals surface area contributed by atoms with Crippen molar-refractivity contribution in [1.29, 1.82) is 0 Å². The maximum Gasteiger partial charge on any atom is 0.416 e. The summed E-state index contributed by atoms with van der Waals surface area (Å²) in [6.45, 7) is 3.37. The highest BCUT2D eigenvalue weighted by atomic mass is 19.4. The Hall–Kier alpha value is -3.03. The van der Waals surface area contributed by atoms with Crippen LogP contribution in [0.25, 0.3) is 0 Å². The maximum absolute atomic E-state index is 12.7. The molecule has 5 nitrogen and oxygen atoms in total. The summed E-state index contributed by atoms with van der Waals surface area (Å²) in [6, 6.07) is 11.6. The number of amides is 2. The van der Waals surface area contributed by atoms with Crippen LogP contribution in [0.3, 0.4) is 0 Å². The van der Waals surface area contributed by atoms with Crippen molar-refractivity contribution in [1.82, 2.24) is 10.2 Å². The summed E-state index contributed by atoms with van der Waals surface area (Å²) < 4.78 is 43.4. The zero-order valence-corrected chi connectivity index (χ0v) is 17.2. The molecule has 1 saturated heterocycles. The van der Waals surface area contributed by atoms with Crippen molar-refractivity contribution in [3.8, 4) is 5.75 Å². The van der Waals surface area contributed by atoms with Gasteiger partial charge in [0.25, 0.3) is 5.91 Å². The second-order valence-electron chi connectivity index (χ2n) is 7.46. The van der Waals surface area contributed by atoms with E-state index in [1.807, 2.05) is 31.2 Å². The largest absolute Gasteiger partial charge is 0.494 e. The van der Waals surface area contributed by atoms with Crippen molar-refractivity contribution in [3.63, 3.8) is 0 Å². The number of benzene rings is 2. The van der Waals surface area contributed by atoms with E-state index in [2.05, 4.69) is 5.32 Å². The smallest absolute Gasteiger partial charge is 0.416 e. The molecule has 1 aliphatic rings. The standard InChI is InChI=1S/C23H25F3N2O3/c1-2-31-20-9-3-16(4-10-20)15-21(29)27-19-11-13-28(14-12-19)22(30)17-5-7-18(8-6-17)23(24,25)26/h3-10,19H,2,11-15H2,1H3,(H,27,29). The van der Waals surface area contributed by atoms with E-state index in [1.165, 1.54) is 12.1 Å². The SMILES string of the molecule is CCOc1ccc(CC(=O)NC2CCN(C(=O)c3ccc(C(F)(F)F)cc3)CC2)cc1. The van der Waals surface area contributed by atoms with E-state index in [0.29, 0.717) is 32.5 Å². The number of carbonyl (C=O) groups is 2. The first-order valence-corrected chi connectivity index (χ1v) is 10.2. The van der Waals surface area contributed by atoms with Crippen LogP contribution in [-0.4, -0.2) is 42.5 Å². The van der Waals surface area contributed by atoms with E-state index in [-0.39, 0.29) is 29.8 Å². The lowest BCUT2D eigenvalue weighted by Gasteiger charge is -2.32. The normalized spacial score (nSPS) is 14.9. The molecule has 0 aromatic heterocycles. The van der Waals surface area contributed by atoms with Crippen molar-refractivity contribution in [2.24, 2.45) is 0 Å². The summed E-state index contributed by atoms with van der Waals surface area (Å²) in [7, 11) is 0. The van der Waals surface area contributed by atoms with Crippen LogP contribution in [0.5, 0.6) is 5.75 Å². The molecule has 0 unspecified atom stereocenters. The molecule has 0 spiro atoms. The molecule has 1 heterocycles. The Balaban J connectivity index is 1.46. The molecule has 0 radical (unpaired) electrons. The summed E-state index contributed by atoms with van der Waals surface area (Å²) in [5.74, 6) is 0.376. The Kier molecular flexibility index (Phi) is 7.20. The van der Waals surface area contributed by atoms with Crippen LogP contribution >= 0.6 is 0 Å². The highest BCUT2D eigenvalue weighted by molar-refractivity contribution is 5.94. The van der Waals surface area contributed by atoms with Gasteiger partial charge in [-0.15, -0.1) is 0 Å². The summed E-state index contributed by atoms with van der Waals surface area (Å²) in [4.78, 5) is 26.5. The van der Waals surface area contributed by atoms with Crippen LogP contribution in [0, 0.1) is 0 Å². The average molecular weight is 434 g/mol. The molecule has 1 N–H and O–H groups in total. The van der Waals surface area contributed by atoms with Gasteiger partial charge in [0.2, 0.25) is 5.91 Å². The van der Waals surface area contributed by atoms with Gasteiger partial charge in [-0.1, -0.05) is 12.1 Å². The second kappa shape index (κ2) is 9.85. The molecule has 0 aliphatic carbocycles. The van der Waals surface area contributed by atoms with Crippen LogP contribution in [0.15, 0.2) is 48.5 Å². The molecule has 2 amide bonds. The topological polar surface area (TPSA) is 58.6 Å². The zero-order chi connectivity index (χ0) is 22.4. The molecular formula is C23H25F3N2O3. The third-order valence-corrected chi connectivity index (χ3v) is 5.21. The maximum atomic E-state index is 12.7. The lowest BCUT2D eigenvalue weighted by atomic mass is 10.0. The molecule has 2 aromatic rings. The molecule has 166 valence electrons. The van der Waals surface area contributed by atoms with Gasteiger partial charge in [0.15, 0.2) is 0 Å².